The first kappa shape index (κ1) is 7.49. The second-order valence-electron chi connectivity index (χ2n) is 2.44. The highest BCUT2D eigenvalue weighted by molar-refractivity contribution is 7.71. The highest BCUT2D eigenvalue weighted by Gasteiger charge is 2.03. The average Bonchev–Trinajstić information content (AvgIpc) is 2.44. The minimum Gasteiger partial charge on any atom is -0.429 e. The van der Waals surface area contributed by atoms with E-state index in [2.05, 4.69) is 4.98 Å². The maximum atomic E-state index is 12.4. The molecule has 2 aromatic rings. The van der Waals surface area contributed by atoms with E-state index in [9.17, 15) is 4.39 Å². The topological polar surface area (TPSA) is 28.9 Å². The molecule has 0 aliphatic rings. The predicted molar refractivity (Wildman–Crippen MR) is 46.2 cm³/mol. The first-order chi connectivity index (χ1) is 5.81. The van der Waals surface area contributed by atoms with E-state index in [-0.39, 0.29) is 4.84 Å². The van der Waals surface area contributed by atoms with E-state index in [1.807, 2.05) is 0 Å². The second-order valence-corrected chi connectivity index (χ2v) is 2.81. The first-order valence-electron chi connectivity index (χ1n) is 3.48. The first-order valence-corrected chi connectivity index (χ1v) is 3.89. The Kier molecular flexibility index (Phi) is 1.69. The minimum absolute atomic E-state index is 0.283. The van der Waals surface area contributed by atoms with Gasteiger partial charge in [-0.15, -0.1) is 0 Å². The number of hydrogen-bond donors (Lipinski definition) is 1. The molecule has 62 valence electrons. The van der Waals surface area contributed by atoms with Crippen LogP contribution < -0.4 is 0 Å². The molecule has 1 aromatic heterocycles. The quantitative estimate of drug-likeness (QED) is 0.688. The Bertz CT molecular complexity index is 459. The summed E-state index contributed by atoms with van der Waals surface area (Å²) >= 11 is 4.78. The number of fused-ring (bicyclic) bond motifs is 1. The molecule has 1 aromatic carbocycles. The number of rotatable bonds is 1. The van der Waals surface area contributed by atoms with Crippen molar-refractivity contribution in [2.75, 3.05) is 0 Å². The molecular formula is C8H6FNOS. The molecule has 0 aliphatic heterocycles. The predicted octanol–water partition coefficient (Wildman–Crippen LogP) is 2.96. The van der Waals surface area contributed by atoms with Crippen LogP contribution in [-0.2, 0) is 6.67 Å². The summed E-state index contributed by atoms with van der Waals surface area (Å²) in [7, 11) is 0. The van der Waals surface area contributed by atoms with Crippen molar-refractivity contribution in [3.8, 4) is 0 Å². The zero-order chi connectivity index (χ0) is 8.55. The van der Waals surface area contributed by atoms with E-state index >= 15 is 0 Å². The molecule has 12 heavy (non-hydrogen) atoms. The molecule has 0 aliphatic carbocycles. The van der Waals surface area contributed by atoms with Gasteiger partial charge in [0.2, 0.25) is 0 Å². The van der Waals surface area contributed by atoms with Gasteiger partial charge >= 0.3 is 0 Å². The lowest BCUT2D eigenvalue weighted by atomic mass is 10.2. The van der Waals surface area contributed by atoms with Crippen molar-refractivity contribution >= 4 is 23.3 Å². The van der Waals surface area contributed by atoms with E-state index in [1.165, 1.54) is 0 Å². The molecule has 1 heterocycles. The van der Waals surface area contributed by atoms with Gasteiger partial charge in [0.15, 0.2) is 5.58 Å². The Morgan fingerprint density at radius 3 is 3.08 bits per heavy atom. The van der Waals surface area contributed by atoms with Crippen molar-refractivity contribution in [3.63, 3.8) is 0 Å². The Morgan fingerprint density at radius 1 is 1.50 bits per heavy atom. The van der Waals surface area contributed by atoms with E-state index in [0.29, 0.717) is 16.7 Å². The molecule has 0 unspecified atom stereocenters. The Morgan fingerprint density at radius 2 is 2.33 bits per heavy atom. The van der Waals surface area contributed by atoms with Gasteiger partial charge in [0.25, 0.3) is 4.84 Å². The molecule has 0 bridgehead atoms. The van der Waals surface area contributed by atoms with Gasteiger partial charge < -0.3 is 9.40 Å². The van der Waals surface area contributed by atoms with Gasteiger partial charge in [-0.2, -0.15) is 0 Å². The Labute approximate surface area is 73.0 Å². The molecule has 2 nitrogen and oxygen atoms in total. The van der Waals surface area contributed by atoms with Crippen molar-refractivity contribution in [2.24, 2.45) is 0 Å². The molecule has 0 saturated carbocycles. The van der Waals surface area contributed by atoms with Gasteiger partial charge in [-0.1, -0.05) is 12.1 Å². The smallest absolute Gasteiger partial charge is 0.266 e. The normalized spacial score (nSPS) is 10.8. The summed E-state index contributed by atoms with van der Waals surface area (Å²) in [6.07, 6.45) is 0. The van der Waals surface area contributed by atoms with Crippen molar-refractivity contribution in [1.29, 1.82) is 0 Å². The molecule has 0 spiro atoms. The number of aromatic nitrogens is 1. The molecule has 0 amide bonds. The highest BCUT2D eigenvalue weighted by Crippen LogP contribution is 2.18. The monoisotopic (exact) mass is 183 g/mol. The molecule has 0 atom stereocenters. The number of benzene rings is 1. The van der Waals surface area contributed by atoms with Gasteiger partial charge in [-0.25, -0.2) is 4.39 Å². The number of alkyl halides is 1. The highest BCUT2D eigenvalue weighted by atomic mass is 32.1. The summed E-state index contributed by atoms with van der Waals surface area (Å²) in [6, 6.07) is 5.19. The van der Waals surface area contributed by atoms with Crippen LogP contribution in [0, 0.1) is 4.84 Å². The van der Waals surface area contributed by atoms with Crippen LogP contribution in [0.4, 0.5) is 4.39 Å². The third-order valence-electron chi connectivity index (χ3n) is 1.69. The molecule has 1 N–H and O–H groups in total. The van der Waals surface area contributed by atoms with Crippen LogP contribution in [0.25, 0.3) is 11.1 Å². The standard InChI is InChI=1S/C8H6FNOS/c9-4-5-2-1-3-6-7(5)10-8(12)11-6/h1-3H,4H2,(H,10,12). The fraction of sp³-hybridized carbons (Fsp3) is 0.125. The number of H-pyrrole nitrogens is 1. The lowest BCUT2D eigenvalue weighted by Crippen LogP contribution is -1.79. The summed E-state index contributed by atoms with van der Waals surface area (Å²) in [5, 5.41) is 0. The van der Waals surface area contributed by atoms with Crippen molar-refractivity contribution in [1.82, 2.24) is 4.98 Å². The van der Waals surface area contributed by atoms with Crippen LogP contribution in [0.5, 0.6) is 0 Å². The largest absolute Gasteiger partial charge is 0.429 e. The SMILES string of the molecule is FCc1cccc2oc(=S)[nH]c12. The van der Waals surface area contributed by atoms with Gasteiger partial charge in [0.1, 0.15) is 6.67 Å². The summed E-state index contributed by atoms with van der Waals surface area (Å²) in [6.45, 7) is -0.512. The summed E-state index contributed by atoms with van der Waals surface area (Å²) in [5.41, 5.74) is 1.84. The van der Waals surface area contributed by atoms with Gasteiger partial charge in [-0.05, 0) is 18.3 Å². The molecular weight excluding hydrogens is 177 g/mol. The van der Waals surface area contributed by atoms with Crippen molar-refractivity contribution in [2.45, 2.75) is 6.67 Å². The average molecular weight is 183 g/mol. The summed E-state index contributed by atoms with van der Waals surface area (Å²) in [4.78, 5) is 3.07. The van der Waals surface area contributed by atoms with Crippen LogP contribution in [0.2, 0.25) is 0 Å². The second kappa shape index (κ2) is 2.71. The Balaban J connectivity index is 2.87. The van der Waals surface area contributed by atoms with Gasteiger partial charge in [0, 0.05) is 5.56 Å². The number of para-hydroxylation sites is 1. The summed E-state index contributed by atoms with van der Waals surface area (Å²) in [5.74, 6) is 0. The molecule has 0 fully saturated rings. The minimum atomic E-state index is -0.512. The molecule has 2 rings (SSSR count). The fourth-order valence-corrected chi connectivity index (χ4v) is 1.33. The molecule has 0 saturated heterocycles. The van der Waals surface area contributed by atoms with Gasteiger partial charge in [-0.3, -0.25) is 0 Å². The van der Waals surface area contributed by atoms with Crippen LogP contribution in [-0.4, -0.2) is 4.98 Å². The van der Waals surface area contributed by atoms with E-state index in [1.54, 1.807) is 18.2 Å². The molecule has 0 radical (unpaired) electrons. The van der Waals surface area contributed by atoms with Crippen LogP contribution in [0.1, 0.15) is 5.56 Å². The van der Waals surface area contributed by atoms with Crippen molar-refractivity contribution in [3.05, 3.63) is 28.6 Å². The third kappa shape index (κ3) is 1.04. The maximum absolute atomic E-state index is 12.4. The lowest BCUT2D eigenvalue weighted by Gasteiger charge is -1.92. The van der Waals surface area contributed by atoms with Crippen LogP contribution in [0.15, 0.2) is 22.6 Å². The van der Waals surface area contributed by atoms with Crippen LogP contribution >= 0.6 is 12.2 Å². The van der Waals surface area contributed by atoms with Gasteiger partial charge in [0.05, 0.1) is 5.52 Å². The van der Waals surface area contributed by atoms with E-state index in [0.717, 1.165) is 0 Å². The number of nitrogens with one attached hydrogen (secondary N) is 1. The number of oxazole rings is 1. The summed E-state index contributed by atoms with van der Waals surface area (Å²) < 4.78 is 17.5. The van der Waals surface area contributed by atoms with E-state index < -0.39 is 6.67 Å². The van der Waals surface area contributed by atoms with Crippen LogP contribution in [0.3, 0.4) is 0 Å². The zero-order valence-corrected chi connectivity index (χ0v) is 6.95. The third-order valence-corrected chi connectivity index (χ3v) is 1.87. The number of halogens is 1. The Hall–Kier alpha value is -1.16. The fourth-order valence-electron chi connectivity index (χ4n) is 1.14. The number of aromatic amines is 1. The zero-order valence-electron chi connectivity index (χ0n) is 6.13. The lowest BCUT2D eigenvalue weighted by molar-refractivity contribution is 0.487. The maximum Gasteiger partial charge on any atom is 0.266 e. The van der Waals surface area contributed by atoms with E-state index in [4.69, 9.17) is 16.6 Å². The van der Waals surface area contributed by atoms with Crippen molar-refractivity contribution < 1.29 is 8.81 Å². The molecule has 4 heteroatoms. The number of hydrogen-bond acceptors (Lipinski definition) is 2.